The van der Waals surface area contributed by atoms with Gasteiger partial charge in [0.1, 0.15) is 70.4 Å². The van der Waals surface area contributed by atoms with Crippen LogP contribution in [0.15, 0.2) is 75.5 Å². The smallest absolute Gasteiger partial charge is 0.246 e. The predicted molar refractivity (Wildman–Crippen MR) is 296 cm³/mol. The minimum atomic E-state index is -1.16. The highest BCUT2D eigenvalue weighted by Gasteiger charge is 2.55. The Morgan fingerprint density at radius 2 is 0.756 bits per heavy atom. The molecular weight excluding hydrogens is 1000 g/mol. The van der Waals surface area contributed by atoms with Crippen LogP contribution in [-0.4, -0.2) is 150 Å². The van der Waals surface area contributed by atoms with E-state index in [0.29, 0.717) is 73.3 Å². The van der Waals surface area contributed by atoms with Gasteiger partial charge in [0.05, 0.1) is 16.2 Å². The maximum absolute atomic E-state index is 14.2. The number of anilines is 3. The molecule has 6 N–H and O–H groups in total. The lowest BCUT2D eigenvalue weighted by Crippen LogP contribution is -2.49. The summed E-state index contributed by atoms with van der Waals surface area (Å²) in [7, 11) is 0. The Balaban J connectivity index is 0.000000132. The molecule has 78 heavy (non-hydrogen) atoms. The molecule has 0 spiro atoms. The van der Waals surface area contributed by atoms with E-state index in [-0.39, 0.29) is 71.7 Å². The molecule has 21 heteroatoms. The van der Waals surface area contributed by atoms with E-state index < -0.39 is 17.0 Å². The topological polar surface area (TPSA) is 222 Å². The van der Waals surface area contributed by atoms with E-state index in [1.807, 2.05) is 33.3 Å². The van der Waals surface area contributed by atoms with Gasteiger partial charge in [-0.15, -0.1) is 0 Å². The number of carbonyl (C=O) groups excluding carboxylic acids is 3. The van der Waals surface area contributed by atoms with Crippen LogP contribution in [0.1, 0.15) is 134 Å². The molecule has 6 aromatic rings. The normalized spacial score (nSPS) is 31.0. The van der Waals surface area contributed by atoms with Gasteiger partial charge in [-0.05, 0) is 134 Å². The van der Waals surface area contributed by atoms with Crippen molar-refractivity contribution in [1.82, 2.24) is 59.6 Å². The van der Waals surface area contributed by atoms with Crippen LogP contribution in [0.4, 0.5) is 30.6 Å². The summed E-state index contributed by atoms with van der Waals surface area (Å²) in [5, 5.41) is 13.0. The van der Waals surface area contributed by atoms with Crippen LogP contribution in [0.5, 0.6) is 0 Å². The van der Waals surface area contributed by atoms with Crippen molar-refractivity contribution in [3.63, 3.8) is 0 Å². The lowest BCUT2D eigenvalue weighted by atomic mass is 9.99. The van der Waals surface area contributed by atoms with E-state index in [1.54, 1.807) is 20.8 Å². The third kappa shape index (κ3) is 10.9. The van der Waals surface area contributed by atoms with Crippen LogP contribution in [0.25, 0.3) is 33.1 Å². The summed E-state index contributed by atoms with van der Waals surface area (Å²) in [5.74, 6) is 1.62. The van der Waals surface area contributed by atoms with E-state index in [9.17, 15) is 27.6 Å². The first-order valence-corrected chi connectivity index (χ1v) is 27.3. The molecule has 18 nitrogen and oxygen atoms in total. The van der Waals surface area contributed by atoms with Crippen molar-refractivity contribution in [3.05, 3.63) is 92.2 Å². The van der Waals surface area contributed by atoms with Crippen molar-refractivity contribution in [2.75, 3.05) is 35.6 Å². The molecule has 6 fully saturated rings. The van der Waals surface area contributed by atoms with Gasteiger partial charge in [-0.2, -0.15) is 0 Å². The Bertz CT molecular complexity index is 2920. The number of rotatable bonds is 12. The van der Waals surface area contributed by atoms with Crippen LogP contribution >= 0.6 is 0 Å². The highest BCUT2D eigenvalue weighted by Crippen LogP contribution is 2.58. The number of likely N-dealkylation sites (tertiary alicyclic amines) is 3. The minimum Gasteiger partial charge on any atom is -0.365 e. The van der Waals surface area contributed by atoms with E-state index in [4.69, 9.17) is 0 Å². The van der Waals surface area contributed by atoms with Crippen LogP contribution in [-0.2, 0) is 14.4 Å². The number of halogens is 3. The number of fused-ring (bicyclic) bond motifs is 3. The van der Waals surface area contributed by atoms with Gasteiger partial charge < -0.3 is 45.6 Å². The van der Waals surface area contributed by atoms with E-state index in [2.05, 4.69) is 101 Å². The average molecular weight is 1070 g/mol. The molecule has 3 amide bonds. The maximum Gasteiger partial charge on any atom is 0.246 e. The molecule has 0 bridgehead atoms. The number of amides is 3. The predicted octanol–water partition coefficient (Wildman–Crippen LogP) is 9.45. The summed E-state index contributed by atoms with van der Waals surface area (Å²) in [6.45, 7) is 23.6. The molecule has 12 rings (SSSR count). The van der Waals surface area contributed by atoms with Crippen LogP contribution in [0.2, 0.25) is 0 Å². The second kappa shape index (κ2) is 21.1. The van der Waals surface area contributed by atoms with Gasteiger partial charge in [-0.1, -0.05) is 19.7 Å². The second-order valence-electron chi connectivity index (χ2n) is 23.1. The highest BCUT2D eigenvalue weighted by atomic mass is 19.2. The molecule has 0 aromatic carbocycles. The number of carbonyl (C=O) groups is 3. The number of alkyl halides is 3. The van der Waals surface area contributed by atoms with Gasteiger partial charge in [0.15, 0.2) is 0 Å². The Morgan fingerprint density at radius 3 is 0.987 bits per heavy atom. The zero-order valence-electron chi connectivity index (χ0n) is 45.4. The summed E-state index contributed by atoms with van der Waals surface area (Å²) in [4.78, 5) is 77.2. The molecule has 3 aliphatic heterocycles. The summed E-state index contributed by atoms with van der Waals surface area (Å²) < 4.78 is 42.7. The largest absolute Gasteiger partial charge is 0.365 e. The standard InChI is InChI=1S/3C19H24FN5O/c3*1-4-15(26)25-9-12(6-5-11(25)2)24-18-16-13(14-7-19(14,3)20)8-21-17(16)22-10-23-18/h3*4,8,10-12,14H,1,5-7,9H2,2-3H3,(H2,21,22,23,24)/t11-,12+,14?,19?;11-,12+,14+,19?;11-,12+,14-,19?/m000/s1. The molecule has 9 heterocycles. The summed E-state index contributed by atoms with van der Waals surface area (Å²) in [5.41, 5.74) is 1.44. The molecule has 3 saturated heterocycles. The first kappa shape index (κ1) is 54.1. The number of piperidine rings is 3. The van der Waals surface area contributed by atoms with Gasteiger partial charge in [-0.25, -0.2) is 43.1 Å². The first-order valence-electron chi connectivity index (χ1n) is 27.3. The fourth-order valence-electron chi connectivity index (χ4n) is 12.0. The first-order chi connectivity index (χ1) is 37.2. The molecule has 0 radical (unpaired) electrons. The van der Waals surface area contributed by atoms with E-state index >= 15 is 0 Å². The highest BCUT2D eigenvalue weighted by molar-refractivity contribution is 5.94. The van der Waals surface area contributed by atoms with Crippen molar-refractivity contribution in [3.8, 4) is 0 Å². The van der Waals surface area contributed by atoms with Crippen LogP contribution < -0.4 is 16.0 Å². The number of hydrogen-bond donors (Lipinski definition) is 6. The third-order valence-corrected chi connectivity index (χ3v) is 17.2. The number of aromatic nitrogens is 9. The molecule has 414 valence electrons. The second-order valence-corrected chi connectivity index (χ2v) is 23.1. The number of hydrogen-bond acceptors (Lipinski definition) is 12. The van der Waals surface area contributed by atoms with Gasteiger partial charge in [0.2, 0.25) is 17.7 Å². The SMILES string of the molecule is C=CC(=O)N1C[C@H](Nc2ncnc3[nH]cc(C4CC4(C)F)c23)CC[C@@H]1C.C=CC(=O)N1C[C@H](Nc2ncnc3[nH]cc([C@@H]4CC4(C)F)c23)CC[C@@H]1C.C=CC(=O)N1C[C@H](Nc2ncnc3[nH]cc([C@H]4CC4(C)F)c23)CC[C@@H]1C. The molecule has 3 aliphatic carbocycles. The average Bonchev–Trinajstić information content (AvgIpc) is 4.37. The molecule has 12 atom stereocenters. The van der Waals surface area contributed by atoms with Crippen molar-refractivity contribution in [2.45, 2.75) is 170 Å². The number of aromatic amines is 3. The summed E-state index contributed by atoms with van der Waals surface area (Å²) in [6, 6.07) is 0.868. The monoisotopic (exact) mass is 1070 g/mol. The van der Waals surface area contributed by atoms with Gasteiger partial charge >= 0.3 is 0 Å². The number of H-pyrrole nitrogens is 3. The zero-order valence-corrected chi connectivity index (χ0v) is 45.4. The molecular formula is C57H72F3N15O3. The Hall–Kier alpha value is -7.32. The number of nitrogens with one attached hydrogen (secondary N) is 6. The van der Waals surface area contributed by atoms with Crippen LogP contribution in [0.3, 0.4) is 0 Å². The third-order valence-electron chi connectivity index (χ3n) is 17.2. The van der Waals surface area contributed by atoms with Crippen molar-refractivity contribution in [2.24, 2.45) is 0 Å². The summed E-state index contributed by atoms with van der Waals surface area (Å²) in [6.07, 6.45) is 21.3. The zero-order chi connectivity index (χ0) is 55.4. The van der Waals surface area contributed by atoms with Gasteiger partial charge in [-0.3, -0.25) is 14.4 Å². The molecule has 6 aromatic heterocycles. The van der Waals surface area contributed by atoms with Gasteiger partial charge in [0, 0.05) is 92.2 Å². The van der Waals surface area contributed by atoms with Crippen molar-refractivity contribution < 1.29 is 27.6 Å². The van der Waals surface area contributed by atoms with E-state index in [1.165, 1.54) is 37.2 Å². The van der Waals surface area contributed by atoms with Crippen molar-refractivity contribution in [1.29, 1.82) is 0 Å². The number of nitrogens with zero attached hydrogens (tertiary/aromatic N) is 9. The lowest BCUT2D eigenvalue weighted by molar-refractivity contribution is -0.130. The van der Waals surface area contributed by atoms with Gasteiger partial charge in [0.25, 0.3) is 0 Å². The molecule has 6 aliphatic rings. The quantitative estimate of drug-likeness (QED) is 0.0631. The fourth-order valence-corrected chi connectivity index (χ4v) is 12.0. The summed E-state index contributed by atoms with van der Waals surface area (Å²) >= 11 is 0. The Kier molecular flexibility index (Phi) is 14.7. The maximum atomic E-state index is 14.2. The minimum absolute atomic E-state index is 0.0506. The Labute approximate surface area is 452 Å². The molecule has 4 unspecified atom stereocenters. The lowest BCUT2D eigenvalue weighted by Gasteiger charge is -2.38. The van der Waals surface area contributed by atoms with Crippen LogP contribution in [0, 0.1) is 0 Å². The Morgan fingerprint density at radius 1 is 0.500 bits per heavy atom. The fraction of sp³-hybridized carbons (Fsp3) is 0.526. The van der Waals surface area contributed by atoms with Crippen molar-refractivity contribution >= 4 is 68.3 Å². The van der Waals surface area contributed by atoms with E-state index in [0.717, 1.165) is 71.4 Å². The molecule has 3 saturated carbocycles.